The van der Waals surface area contributed by atoms with Crippen molar-refractivity contribution in [3.8, 4) is 0 Å². The van der Waals surface area contributed by atoms with Crippen LogP contribution >= 0.6 is 0 Å². The molecule has 2 heteroatoms. The number of aryl methyl sites for hydroxylation is 8. The van der Waals surface area contributed by atoms with Gasteiger partial charge in [0.15, 0.2) is 0 Å². The molecule has 0 unspecified atom stereocenters. The van der Waals surface area contributed by atoms with Crippen LogP contribution in [0.3, 0.4) is 0 Å². The fraction of sp³-hybridized carbons (Fsp3) is 0.314. The topological polar surface area (TPSA) is 52.0 Å². The summed E-state index contributed by atoms with van der Waals surface area (Å²) in [5.74, 6) is 0. The number of nitrogen functional groups attached to an aromatic ring is 2. The smallest absolute Gasteiger partial charge is 0.0314 e. The van der Waals surface area contributed by atoms with Gasteiger partial charge in [-0.2, -0.15) is 0 Å². The van der Waals surface area contributed by atoms with Crippen molar-refractivity contribution in [3.05, 3.63) is 129 Å². The molecule has 4 rings (SSSR count). The Morgan fingerprint density at radius 3 is 1.14 bits per heavy atom. The maximum atomic E-state index is 5.80. The van der Waals surface area contributed by atoms with E-state index in [0.717, 1.165) is 37.1 Å². The minimum Gasteiger partial charge on any atom is -0.399 e. The van der Waals surface area contributed by atoms with Crippen LogP contribution in [0.25, 0.3) is 0 Å². The van der Waals surface area contributed by atoms with E-state index in [2.05, 4.69) is 74.5 Å². The lowest BCUT2D eigenvalue weighted by molar-refractivity contribution is 0.675. The summed E-state index contributed by atoms with van der Waals surface area (Å²) >= 11 is 0. The van der Waals surface area contributed by atoms with Gasteiger partial charge in [0.25, 0.3) is 0 Å². The van der Waals surface area contributed by atoms with Crippen molar-refractivity contribution < 1.29 is 0 Å². The predicted octanol–water partition coefficient (Wildman–Crippen LogP) is 7.99. The zero-order chi connectivity index (χ0) is 26.0. The van der Waals surface area contributed by atoms with E-state index in [1.165, 1.54) is 76.6 Å². The van der Waals surface area contributed by atoms with Crippen LogP contribution in [-0.2, 0) is 38.5 Å². The van der Waals surface area contributed by atoms with Gasteiger partial charge in [0, 0.05) is 11.4 Å². The number of benzene rings is 4. The molecule has 4 aromatic carbocycles. The summed E-state index contributed by atoms with van der Waals surface area (Å²) in [4.78, 5) is 0. The van der Waals surface area contributed by atoms with Crippen molar-refractivity contribution in [1.82, 2.24) is 0 Å². The van der Waals surface area contributed by atoms with Gasteiger partial charge in [0.05, 0.1) is 0 Å². The first-order valence-corrected chi connectivity index (χ1v) is 13.8. The van der Waals surface area contributed by atoms with Gasteiger partial charge in [-0.1, -0.05) is 67.1 Å². The van der Waals surface area contributed by atoms with E-state index >= 15 is 0 Å². The average molecular weight is 491 g/mol. The lowest BCUT2D eigenvalue weighted by atomic mass is 9.95. The Morgan fingerprint density at radius 1 is 0.405 bits per heavy atom. The highest BCUT2D eigenvalue weighted by atomic mass is 14.5. The summed E-state index contributed by atoms with van der Waals surface area (Å²) in [5.41, 5.74) is 24.7. The van der Waals surface area contributed by atoms with Gasteiger partial charge in [-0.15, -0.1) is 0 Å². The number of hydrogen-bond donors (Lipinski definition) is 2. The molecule has 0 atom stereocenters. The molecular weight excluding hydrogens is 448 g/mol. The normalized spacial score (nSPS) is 11.1. The summed E-state index contributed by atoms with van der Waals surface area (Å²) < 4.78 is 0. The van der Waals surface area contributed by atoms with Gasteiger partial charge in [-0.3, -0.25) is 0 Å². The van der Waals surface area contributed by atoms with Crippen molar-refractivity contribution in [1.29, 1.82) is 0 Å². The van der Waals surface area contributed by atoms with Crippen molar-refractivity contribution in [2.24, 2.45) is 0 Å². The van der Waals surface area contributed by atoms with E-state index in [9.17, 15) is 0 Å². The average Bonchev–Trinajstić information content (AvgIpc) is 2.90. The summed E-state index contributed by atoms with van der Waals surface area (Å²) in [5, 5.41) is 0. The molecule has 4 N–H and O–H groups in total. The lowest BCUT2D eigenvalue weighted by Gasteiger charge is -2.11. The number of anilines is 2. The highest BCUT2D eigenvalue weighted by Gasteiger charge is 2.05. The SMILES string of the molecule is Cc1cc(CCc2ccc(N)cc2)ccc1CCCCCc1ccc(CCc2ccc(N)cc2)cc1C. The zero-order valence-electron chi connectivity index (χ0n) is 22.6. The molecule has 0 spiro atoms. The fourth-order valence-corrected chi connectivity index (χ4v) is 5.14. The van der Waals surface area contributed by atoms with Gasteiger partial charge < -0.3 is 11.5 Å². The molecule has 0 fully saturated rings. The van der Waals surface area contributed by atoms with Crippen LogP contribution in [0.15, 0.2) is 84.9 Å². The predicted molar refractivity (Wildman–Crippen MR) is 160 cm³/mol. The second kappa shape index (κ2) is 13.1. The third-order valence-electron chi connectivity index (χ3n) is 7.57. The molecule has 0 aromatic heterocycles. The Morgan fingerprint density at radius 2 is 0.757 bits per heavy atom. The van der Waals surface area contributed by atoms with Crippen molar-refractivity contribution in [3.63, 3.8) is 0 Å². The first kappa shape index (κ1) is 26.5. The third-order valence-corrected chi connectivity index (χ3v) is 7.57. The van der Waals surface area contributed by atoms with Gasteiger partial charge >= 0.3 is 0 Å². The van der Waals surface area contributed by atoms with Gasteiger partial charge in [0.2, 0.25) is 0 Å². The monoisotopic (exact) mass is 490 g/mol. The van der Waals surface area contributed by atoms with E-state index in [1.807, 2.05) is 24.3 Å². The molecule has 2 nitrogen and oxygen atoms in total. The Hall–Kier alpha value is -3.52. The van der Waals surface area contributed by atoms with Crippen molar-refractivity contribution in [2.45, 2.75) is 71.6 Å². The highest BCUT2D eigenvalue weighted by molar-refractivity contribution is 5.41. The van der Waals surface area contributed by atoms with Crippen molar-refractivity contribution in [2.75, 3.05) is 11.5 Å². The number of hydrogen-bond acceptors (Lipinski definition) is 2. The van der Waals surface area contributed by atoms with Crippen LogP contribution in [0.4, 0.5) is 11.4 Å². The highest BCUT2D eigenvalue weighted by Crippen LogP contribution is 2.19. The lowest BCUT2D eigenvalue weighted by Crippen LogP contribution is -1.97. The minimum absolute atomic E-state index is 0.832. The van der Waals surface area contributed by atoms with Crippen LogP contribution in [-0.4, -0.2) is 0 Å². The molecule has 0 aliphatic rings. The maximum Gasteiger partial charge on any atom is 0.0314 e. The van der Waals surface area contributed by atoms with Gasteiger partial charge in [0.1, 0.15) is 0 Å². The molecule has 192 valence electrons. The van der Waals surface area contributed by atoms with E-state index in [4.69, 9.17) is 11.5 Å². The summed E-state index contributed by atoms with van der Waals surface area (Å²) in [7, 11) is 0. The molecule has 0 saturated carbocycles. The fourth-order valence-electron chi connectivity index (χ4n) is 5.14. The second-order valence-corrected chi connectivity index (χ2v) is 10.6. The van der Waals surface area contributed by atoms with E-state index in [1.54, 1.807) is 0 Å². The number of rotatable bonds is 12. The zero-order valence-corrected chi connectivity index (χ0v) is 22.6. The van der Waals surface area contributed by atoms with Gasteiger partial charge in [-0.05, 0) is 134 Å². The Bertz CT molecular complexity index is 1170. The minimum atomic E-state index is 0.832. The maximum absolute atomic E-state index is 5.80. The summed E-state index contributed by atoms with van der Waals surface area (Å²) in [6, 6.07) is 30.6. The summed E-state index contributed by atoms with van der Waals surface area (Å²) in [6.45, 7) is 4.53. The summed E-state index contributed by atoms with van der Waals surface area (Å²) in [6.07, 6.45) is 10.4. The molecule has 0 aliphatic heterocycles. The number of nitrogens with two attached hydrogens (primary N) is 2. The van der Waals surface area contributed by atoms with E-state index in [-0.39, 0.29) is 0 Å². The first-order valence-electron chi connectivity index (χ1n) is 13.8. The Kier molecular flexibility index (Phi) is 9.43. The molecule has 0 bridgehead atoms. The molecule has 0 heterocycles. The van der Waals surface area contributed by atoms with Crippen LogP contribution in [0.1, 0.15) is 63.8 Å². The second-order valence-electron chi connectivity index (χ2n) is 10.6. The molecule has 0 amide bonds. The van der Waals surface area contributed by atoms with Crippen LogP contribution < -0.4 is 11.5 Å². The van der Waals surface area contributed by atoms with E-state index < -0.39 is 0 Å². The Balaban J connectivity index is 1.17. The molecule has 37 heavy (non-hydrogen) atoms. The molecule has 4 aromatic rings. The largest absolute Gasteiger partial charge is 0.399 e. The quantitative estimate of drug-likeness (QED) is 0.156. The van der Waals surface area contributed by atoms with Gasteiger partial charge in [-0.25, -0.2) is 0 Å². The third kappa shape index (κ3) is 8.25. The van der Waals surface area contributed by atoms with E-state index in [0.29, 0.717) is 0 Å². The number of unbranched alkanes of at least 4 members (excludes halogenated alkanes) is 2. The van der Waals surface area contributed by atoms with Crippen LogP contribution in [0.2, 0.25) is 0 Å². The standard InChI is InChI=1S/C35H42N2/c1-26-24-30(10-8-28-14-20-34(36)21-15-28)12-18-32(26)6-4-3-5-7-33-19-13-31(25-27(33)2)11-9-29-16-22-35(37)23-17-29/h12-25H,3-11,36-37H2,1-2H3. The Labute approximate surface area is 223 Å². The van der Waals surface area contributed by atoms with Crippen molar-refractivity contribution >= 4 is 11.4 Å². The molecule has 0 saturated heterocycles. The molecule has 0 radical (unpaired) electrons. The first-order chi connectivity index (χ1) is 18.0. The van der Waals surface area contributed by atoms with Crippen LogP contribution in [0, 0.1) is 13.8 Å². The van der Waals surface area contributed by atoms with Crippen LogP contribution in [0.5, 0.6) is 0 Å². The molecule has 0 aliphatic carbocycles. The molecular formula is C35H42N2.